The molecule has 0 atom stereocenters. The summed E-state index contributed by atoms with van der Waals surface area (Å²) >= 11 is 0. The third-order valence-electron chi connectivity index (χ3n) is 5.99. The summed E-state index contributed by atoms with van der Waals surface area (Å²) in [5.74, 6) is 0. The molecule has 7 heteroatoms. The second kappa shape index (κ2) is 7.83. The number of rotatable bonds is 5. The van der Waals surface area contributed by atoms with Crippen molar-refractivity contribution in [2.75, 3.05) is 32.8 Å². The van der Waals surface area contributed by atoms with Gasteiger partial charge in [-0.05, 0) is 25.0 Å². The van der Waals surface area contributed by atoms with E-state index in [1.165, 1.54) is 6.42 Å². The minimum Gasteiger partial charge on any atom is -0.379 e. The molecule has 2 fully saturated rings. The van der Waals surface area contributed by atoms with Crippen LogP contribution < -0.4 is 4.72 Å². The molecule has 2 aromatic rings. The van der Waals surface area contributed by atoms with Gasteiger partial charge in [0.15, 0.2) is 0 Å². The Morgan fingerprint density at radius 2 is 1.89 bits per heavy atom. The molecular formula is C20H27N3O3S. The molecule has 146 valence electrons. The number of pyridine rings is 1. The topological polar surface area (TPSA) is 71.5 Å². The zero-order valence-corrected chi connectivity index (χ0v) is 16.4. The van der Waals surface area contributed by atoms with E-state index in [4.69, 9.17) is 4.74 Å². The molecule has 6 nitrogen and oxygen atoms in total. The van der Waals surface area contributed by atoms with Crippen LogP contribution in [-0.2, 0) is 14.8 Å². The molecule has 1 N–H and O–H groups in total. The van der Waals surface area contributed by atoms with Crippen LogP contribution in [0, 0.1) is 0 Å². The molecule has 1 saturated heterocycles. The van der Waals surface area contributed by atoms with Gasteiger partial charge >= 0.3 is 0 Å². The number of hydrogen-bond acceptors (Lipinski definition) is 5. The van der Waals surface area contributed by atoms with E-state index in [0.29, 0.717) is 16.8 Å². The number of morpholine rings is 1. The third kappa shape index (κ3) is 3.87. The number of ether oxygens (including phenoxy) is 1. The Bertz CT molecular complexity index is 883. The smallest absolute Gasteiger partial charge is 0.241 e. The highest BCUT2D eigenvalue weighted by Crippen LogP contribution is 2.34. The number of sulfonamides is 1. The second-order valence-electron chi connectivity index (χ2n) is 7.56. The van der Waals surface area contributed by atoms with Crippen LogP contribution in [0.5, 0.6) is 0 Å². The zero-order chi connectivity index (χ0) is 18.7. The standard InChI is InChI=1S/C20H27N3O3S/c24-27(25,19-6-4-5-17-15-21-10-7-18(17)19)22-16-20(8-2-1-3-9-20)23-11-13-26-14-12-23/h4-7,10,15,22H,1-3,8-9,11-14,16H2. The molecule has 0 bridgehead atoms. The number of benzene rings is 1. The SMILES string of the molecule is O=S(=O)(NCC1(N2CCOCC2)CCCCC1)c1cccc2cnccc12. The molecule has 1 aromatic carbocycles. The van der Waals surface area contributed by atoms with Gasteiger partial charge in [-0.25, -0.2) is 13.1 Å². The van der Waals surface area contributed by atoms with Gasteiger partial charge < -0.3 is 4.74 Å². The van der Waals surface area contributed by atoms with E-state index >= 15 is 0 Å². The highest BCUT2D eigenvalue weighted by molar-refractivity contribution is 7.89. The first kappa shape index (κ1) is 18.8. The Balaban J connectivity index is 1.59. The number of fused-ring (bicyclic) bond motifs is 1. The van der Waals surface area contributed by atoms with Crippen molar-refractivity contribution in [2.24, 2.45) is 0 Å². The molecule has 0 amide bonds. The lowest BCUT2D eigenvalue weighted by molar-refractivity contribution is -0.0348. The summed E-state index contributed by atoms with van der Waals surface area (Å²) in [5.41, 5.74) is -0.0960. The summed E-state index contributed by atoms with van der Waals surface area (Å²) in [6.07, 6.45) is 8.94. The van der Waals surface area contributed by atoms with Crippen LogP contribution in [0.15, 0.2) is 41.6 Å². The Kier molecular flexibility index (Phi) is 5.45. The first-order valence-corrected chi connectivity index (χ1v) is 11.2. The predicted octanol–water partition coefficient (Wildman–Crippen LogP) is 2.55. The summed E-state index contributed by atoms with van der Waals surface area (Å²) < 4.78 is 34.7. The van der Waals surface area contributed by atoms with Crippen LogP contribution in [0.1, 0.15) is 32.1 Å². The van der Waals surface area contributed by atoms with Crippen molar-refractivity contribution >= 4 is 20.8 Å². The van der Waals surface area contributed by atoms with E-state index in [0.717, 1.165) is 57.4 Å². The maximum Gasteiger partial charge on any atom is 0.241 e. The van der Waals surface area contributed by atoms with E-state index in [1.807, 2.05) is 6.07 Å². The lowest BCUT2D eigenvalue weighted by Crippen LogP contribution is -2.59. The Labute approximate surface area is 161 Å². The lowest BCUT2D eigenvalue weighted by atomic mass is 9.80. The number of hydrogen-bond donors (Lipinski definition) is 1. The van der Waals surface area contributed by atoms with E-state index in [2.05, 4.69) is 14.6 Å². The Morgan fingerprint density at radius 3 is 2.67 bits per heavy atom. The van der Waals surface area contributed by atoms with Gasteiger partial charge in [0, 0.05) is 48.3 Å². The first-order chi connectivity index (χ1) is 13.1. The van der Waals surface area contributed by atoms with Gasteiger partial charge in [0.25, 0.3) is 0 Å². The van der Waals surface area contributed by atoms with Gasteiger partial charge in [0.2, 0.25) is 10.0 Å². The molecule has 1 saturated carbocycles. The molecule has 0 radical (unpaired) electrons. The van der Waals surface area contributed by atoms with Crippen molar-refractivity contribution in [3.8, 4) is 0 Å². The van der Waals surface area contributed by atoms with Crippen LogP contribution >= 0.6 is 0 Å². The largest absolute Gasteiger partial charge is 0.379 e. The fourth-order valence-corrected chi connectivity index (χ4v) is 5.83. The van der Waals surface area contributed by atoms with Crippen LogP contribution in [0.2, 0.25) is 0 Å². The van der Waals surface area contributed by atoms with Crippen molar-refractivity contribution in [1.82, 2.24) is 14.6 Å². The molecule has 4 rings (SSSR count). The van der Waals surface area contributed by atoms with Gasteiger partial charge in [-0.15, -0.1) is 0 Å². The molecule has 2 aliphatic rings. The van der Waals surface area contributed by atoms with Crippen molar-refractivity contribution in [2.45, 2.75) is 42.5 Å². The molecule has 0 spiro atoms. The minimum atomic E-state index is -3.60. The van der Waals surface area contributed by atoms with E-state index in [-0.39, 0.29) is 5.54 Å². The summed E-state index contributed by atoms with van der Waals surface area (Å²) in [6, 6.07) is 7.10. The molecular weight excluding hydrogens is 362 g/mol. The van der Waals surface area contributed by atoms with E-state index in [9.17, 15) is 8.42 Å². The molecule has 2 heterocycles. The Morgan fingerprint density at radius 1 is 1.11 bits per heavy atom. The molecule has 1 aliphatic carbocycles. The second-order valence-corrected chi connectivity index (χ2v) is 9.30. The normalized spacial score (nSPS) is 21.3. The third-order valence-corrected chi connectivity index (χ3v) is 7.45. The Hall–Kier alpha value is -1.54. The van der Waals surface area contributed by atoms with E-state index < -0.39 is 10.0 Å². The number of nitrogens with zero attached hydrogens (tertiary/aromatic N) is 2. The van der Waals surface area contributed by atoms with Gasteiger partial charge in [0.1, 0.15) is 0 Å². The monoisotopic (exact) mass is 389 g/mol. The number of nitrogens with one attached hydrogen (secondary N) is 1. The highest BCUT2D eigenvalue weighted by atomic mass is 32.2. The maximum atomic E-state index is 13.1. The lowest BCUT2D eigenvalue weighted by Gasteiger charge is -2.48. The quantitative estimate of drug-likeness (QED) is 0.851. The van der Waals surface area contributed by atoms with Gasteiger partial charge in [-0.2, -0.15) is 0 Å². The molecule has 1 aromatic heterocycles. The molecule has 27 heavy (non-hydrogen) atoms. The first-order valence-electron chi connectivity index (χ1n) is 9.76. The summed E-state index contributed by atoms with van der Waals surface area (Å²) in [4.78, 5) is 6.87. The van der Waals surface area contributed by atoms with Crippen molar-refractivity contribution in [3.05, 3.63) is 36.7 Å². The summed E-state index contributed by atoms with van der Waals surface area (Å²) in [7, 11) is -3.60. The van der Waals surface area contributed by atoms with Crippen molar-refractivity contribution in [1.29, 1.82) is 0 Å². The summed E-state index contributed by atoms with van der Waals surface area (Å²) in [5, 5.41) is 1.55. The fourth-order valence-electron chi connectivity index (χ4n) is 4.49. The summed E-state index contributed by atoms with van der Waals surface area (Å²) in [6.45, 7) is 3.66. The van der Waals surface area contributed by atoms with E-state index in [1.54, 1.807) is 30.6 Å². The van der Waals surface area contributed by atoms with Gasteiger partial charge in [0.05, 0.1) is 18.1 Å². The van der Waals surface area contributed by atoms with Crippen molar-refractivity contribution < 1.29 is 13.2 Å². The molecule has 1 aliphatic heterocycles. The fraction of sp³-hybridized carbons (Fsp3) is 0.550. The zero-order valence-electron chi connectivity index (χ0n) is 15.6. The maximum absolute atomic E-state index is 13.1. The predicted molar refractivity (Wildman–Crippen MR) is 105 cm³/mol. The van der Waals surface area contributed by atoms with Crippen LogP contribution in [-0.4, -0.2) is 56.7 Å². The average molecular weight is 390 g/mol. The highest BCUT2D eigenvalue weighted by Gasteiger charge is 2.39. The minimum absolute atomic E-state index is 0.0960. The van der Waals surface area contributed by atoms with Crippen LogP contribution in [0.25, 0.3) is 10.8 Å². The van der Waals surface area contributed by atoms with Crippen LogP contribution in [0.3, 0.4) is 0 Å². The van der Waals surface area contributed by atoms with Crippen LogP contribution in [0.4, 0.5) is 0 Å². The average Bonchev–Trinajstić information content (AvgIpc) is 2.73. The van der Waals surface area contributed by atoms with Gasteiger partial charge in [-0.3, -0.25) is 9.88 Å². The van der Waals surface area contributed by atoms with Crippen molar-refractivity contribution in [3.63, 3.8) is 0 Å². The number of aromatic nitrogens is 1. The molecule has 0 unspecified atom stereocenters. The van der Waals surface area contributed by atoms with Gasteiger partial charge in [-0.1, -0.05) is 31.4 Å².